The Kier molecular flexibility index (Phi) is 5.47. The number of benzene rings is 1. The van der Waals surface area contributed by atoms with Gasteiger partial charge in [-0.3, -0.25) is 4.57 Å². The third-order valence-electron chi connectivity index (χ3n) is 5.81. The van der Waals surface area contributed by atoms with Crippen LogP contribution in [0.3, 0.4) is 0 Å². The molecule has 0 saturated carbocycles. The van der Waals surface area contributed by atoms with Crippen LogP contribution in [0.1, 0.15) is 12.2 Å². The zero-order valence-electron chi connectivity index (χ0n) is 17.8. The minimum atomic E-state index is -2.83. The standard InChI is InChI=1S/C20H24F2N8O2/c1-28(12-10-23-11-12)18-25-19(29-6-8-32-9-7-29)27-20(26-18)30-13-4-3-5-14(31-2)15(13)24-17(30)16(21)22/h3-5,12,16,23H,6-11H2,1-2H3. The molecule has 0 amide bonds. The molecule has 1 N–H and O–H groups in total. The van der Waals surface area contributed by atoms with Gasteiger partial charge in [0.25, 0.3) is 6.43 Å². The number of ether oxygens (including phenoxy) is 2. The first-order valence-electron chi connectivity index (χ1n) is 10.4. The van der Waals surface area contributed by atoms with E-state index in [2.05, 4.69) is 25.3 Å². The number of aromatic nitrogens is 5. The molecule has 0 radical (unpaired) electrons. The topological polar surface area (TPSA) is 93.5 Å². The van der Waals surface area contributed by atoms with Crippen LogP contribution in [0.25, 0.3) is 17.0 Å². The van der Waals surface area contributed by atoms with Crippen LogP contribution in [0.4, 0.5) is 20.7 Å². The lowest BCUT2D eigenvalue weighted by Gasteiger charge is -2.36. The lowest BCUT2D eigenvalue weighted by molar-refractivity contribution is 0.122. The number of nitrogens with one attached hydrogen (secondary N) is 1. The van der Waals surface area contributed by atoms with Gasteiger partial charge in [-0.25, -0.2) is 13.8 Å². The van der Waals surface area contributed by atoms with Crippen LogP contribution < -0.4 is 19.9 Å². The molecule has 2 saturated heterocycles. The molecule has 3 aromatic rings. The van der Waals surface area contributed by atoms with Gasteiger partial charge >= 0.3 is 0 Å². The summed E-state index contributed by atoms with van der Waals surface area (Å²) in [6.45, 7) is 3.92. The molecule has 12 heteroatoms. The quantitative estimate of drug-likeness (QED) is 0.603. The number of hydrogen-bond acceptors (Lipinski definition) is 9. The Balaban J connectivity index is 1.70. The molecule has 2 fully saturated rings. The van der Waals surface area contributed by atoms with E-state index >= 15 is 0 Å². The second kappa shape index (κ2) is 8.43. The number of halogens is 2. The summed E-state index contributed by atoms with van der Waals surface area (Å²) >= 11 is 0. The highest BCUT2D eigenvalue weighted by Crippen LogP contribution is 2.32. The molecule has 0 spiro atoms. The van der Waals surface area contributed by atoms with E-state index in [4.69, 9.17) is 9.47 Å². The summed E-state index contributed by atoms with van der Waals surface area (Å²) in [6, 6.07) is 5.33. The minimum absolute atomic E-state index is 0.0988. The molecule has 2 aliphatic rings. The number of alkyl halides is 2. The molecule has 0 unspecified atom stereocenters. The number of rotatable bonds is 6. The second-order valence-corrected chi connectivity index (χ2v) is 7.69. The van der Waals surface area contributed by atoms with Gasteiger partial charge in [0.15, 0.2) is 5.82 Å². The number of nitrogens with zero attached hydrogens (tertiary/aromatic N) is 7. The molecule has 4 heterocycles. The van der Waals surface area contributed by atoms with Gasteiger partial charge in [-0.2, -0.15) is 15.0 Å². The summed E-state index contributed by atoms with van der Waals surface area (Å²) in [6.07, 6.45) is -2.83. The first kappa shape index (κ1) is 20.8. The molecule has 2 aromatic heterocycles. The summed E-state index contributed by atoms with van der Waals surface area (Å²) in [5.74, 6) is 0.915. The van der Waals surface area contributed by atoms with Crippen LogP contribution in [0.15, 0.2) is 18.2 Å². The number of anilines is 2. The molecule has 0 atom stereocenters. The van der Waals surface area contributed by atoms with Crippen LogP contribution in [0.5, 0.6) is 5.75 Å². The molecule has 5 rings (SSSR count). The zero-order valence-corrected chi connectivity index (χ0v) is 17.8. The molecule has 0 aliphatic carbocycles. The summed E-state index contributed by atoms with van der Waals surface area (Å²) < 4.78 is 40.2. The fraction of sp³-hybridized carbons (Fsp3) is 0.500. The van der Waals surface area contributed by atoms with E-state index in [1.165, 1.54) is 11.7 Å². The second-order valence-electron chi connectivity index (χ2n) is 7.69. The summed E-state index contributed by atoms with van der Waals surface area (Å²) in [5.41, 5.74) is 0.773. The molecule has 0 bridgehead atoms. The largest absolute Gasteiger partial charge is 0.494 e. The van der Waals surface area contributed by atoms with E-state index in [1.807, 2.05) is 16.8 Å². The molecule has 10 nitrogen and oxygen atoms in total. The predicted molar refractivity (Wildman–Crippen MR) is 114 cm³/mol. The van der Waals surface area contributed by atoms with Crippen molar-refractivity contribution in [3.63, 3.8) is 0 Å². The van der Waals surface area contributed by atoms with Gasteiger partial charge in [-0.15, -0.1) is 0 Å². The maximum atomic E-state index is 14.1. The van der Waals surface area contributed by atoms with Gasteiger partial charge in [0, 0.05) is 33.2 Å². The smallest absolute Gasteiger partial charge is 0.296 e. The number of fused-ring (bicyclic) bond motifs is 1. The molecule has 170 valence electrons. The van der Waals surface area contributed by atoms with E-state index in [1.54, 1.807) is 18.2 Å². The fourth-order valence-corrected chi connectivity index (χ4v) is 3.83. The van der Waals surface area contributed by atoms with Gasteiger partial charge in [0.2, 0.25) is 17.8 Å². The Hall–Kier alpha value is -3.12. The van der Waals surface area contributed by atoms with Crippen molar-refractivity contribution in [2.75, 3.05) is 63.4 Å². The Morgan fingerprint density at radius 1 is 1.12 bits per heavy atom. The molecular weight excluding hydrogens is 422 g/mol. The van der Waals surface area contributed by atoms with Crippen molar-refractivity contribution in [3.8, 4) is 11.7 Å². The van der Waals surface area contributed by atoms with Crippen molar-refractivity contribution >= 4 is 22.9 Å². The molecule has 32 heavy (non-hydrogen) atoms. The fourth-order valence-electron chi connectivity index (χ4n) is 3.83. The summed E-state index contributed by atoms with van der Waals surface area (Å²) in [5, 5.41) is 3.22. The van der Waals surface area contributed by atoms with Crippen molar-refractivity contribution in [1.29, 1.82) is 0 Å². The van der Waals surface area contributed by atoms with Crippen LogP contribution in [-0.4, -0.2) is 84.1 Å². The van der Waals surface area contributed by atoms with E-state index < -0.39 is 12.2 Å². The van der Waals surface area contributed by atoms with Gasteiger partial charge in [-0.1, -0.05) is 6.07 Å². The molecule has 1 aromatic carbocycles. The highest BCUT2D eigenvalue weighted by molar-refractivity contribution is 5.84. The van der Waals surface area contributed by atoms with Gasteiger partial charge in [0.05, 0.1) is 31.9 Å². The maximum absolute atomic E-state index is 14.1. The number of methoxy groups -OCH3 is 1. The van der Waals surface area contributed by atoms with E-state index in [9.17, 15) is 8.78 Å². The third-order valence-corrected chi connectivity index (χ3v) is 5.81. The van der Waals surface area contributed by atoms with Crippen molar-refractivity contribution in [2.45, 2.75) is 12.5 Å². The summed E-state index contributed by atoms with van der Waals surface area (Å²) in [7, 11) is 3.38. The predicted octanol–water partition coefficient (Wildman–Crippen LogP) is 1.40. The first-order chi connectivity index (χ1) is 15.6. The highest BCUT2D eigenvalue weighted by atomic mass is 19.3. The maximum Gasteiger partial charge on any atom is 0.296 e. The van der Waals surface area contributed by atoms with Crippen molar-refractivity contribution < 1.29 is 18.3 Å². The average Bonchev–Trinajstić information content (AvgIpc) is 3.18. The van der Waals surface area contributed by atoms with Crippen LogP contribution in [0.2, 0.25) is 0 Å². The van der Waals surface area contributed by atoms with Crippen molar-refractivity contribution in [2.24, 2.45) is 0 Å². The number of imidazole rings is 1. The molecule has 2 aliphatic heterocycles. The van der Waals surface area contributed by atoms with E-state index in [-0.39, 0.29) is 12.0 Å². The number of morpholine rings is 1. The molecular formula is C20H24F2N8O2. The van der Waals surface area contributed by atoms with Crippen molar-refractivity contribution in [1.82, 2.24) is 29.8 Å². The van der Waals surface area contributed by atoms with E-state index in [0.29, 0.717) is 55.0 Å². The average molecular weight is 446 g/mol. The van der Waals surface area contributed by atoms with Gasteiger partial charge in [-0.05, 0) is 12.1 Å². The monoisotopic (exact) mass is 446 g/mol. The lowest BCUT2D eigenvalue weighted by atomic mass is 10.1. The SMILES string of the molecule is COc1cccc2c1nc(C(F)F)n2-c1nc(N2CCOCC2)nc(N(C)C2CNC2)n1. The van der Waals surface area contributed by atoms with Crippen molar-refractivity contribution in [3.05, 3.63) is 24.0 Å². The van der Waals surface area contributed by atoms with Crippen LogP contribution in [-0.2, 0) is 4.74 Å². The van der Waals surface area contributed by atoms with Gasteiger partial charge < -0.3 is 24.6 Å². The first-order valence-corrected chi connectivity index (χ1v) is 10.4. The van der Waals surface area contributed by atoms with Gasteiger partial charge in [0.1, 0.15) is 11.3 Å². The van der Waals surface area contributed by atoms with Crippen LogP contribution in [0, 0.1) is 0 Å². The Bertz CT molecular complexity index is 1090. The Labute approximate surface area is 183 Å². The number of likely N-dealkylation sites (N-methyl/N-ethyl adjacent to an activating group) is 1. The normalized spacial score (nSPS) is 17.1. The summed E-state index contributed by atoms with van der Waals surface area (Å²) in [4.78, 5) is 21.9. The lowest BCUT2D eigenvalue weighted by Crippen LogP contribution is -2.56. The minimum Gasteiger partial charge on any atom is -0.494 e. The number of hydrogen-bond donors (Lipinski definition) is 1. The highest BCUT2D eigenvalue weighted by Gasteiger charge is 2.28. The van der Waals surface area contributed by atoms with E-state index in [0.717, 1.165) is 13.1 Å². The third kappa shape index (κ3) is 3.58. The van der Waals surface area contributed by atoms with Crippen LogP contribution >= 0.6 is 0 Å². The Morgan fingerprint density at radius 2 is 1.88 bits per heavy atom. The Morgan fingerprint density at radius 3 is 2.53 bits per heavy atom. The number of para-hydroxylation sites is 1. The zero-order chi connectivity index (χ0) is 22.2.